The Kier molecular flexibility index (Phi) is 6.64. The Balaban J connectivity index is 1.71. The van der Waals surface area contributed by atoms with Gasteiger partial charge >= 0.3 is 0 Å². The highest BCUT2D eigenvalue weighted by Gasteiger charge is 2.30. The van der Waals surface area contributed by atoms with Crippen LogP contribution in [0.5, 0.6) is 0 Å². The summed E-state index contributed by atoms with van der Waals surface area (Å²) in [4.78, 5) is 2.45. The standard InChI is InChI=1S/C15H31N3O3S/c1-13-6-4-8-17(10-13)9-5-7-16-22(19,20)18-11-14(2)21-15(3)12-18/h13-16H,4-12H2,1-3H3/t13-,14-,15+/m0/s1. The summed E-state index contributed by atoms with van der Waals surface area (Å²) in [6.45, 7) is 10.8. The van der Waals surface area contributed by atoms with Gasteiger partial charge < -0.3 is 9.64 Å². The van der Waals surface area contributed by atoms with Gasteiger partial charge in [-0.05, 0) is 52.1 Å². The summed E-state index contributed by atoms with van der Waals surface area (Å²) < 4.78 is 34.5. The van der Waals surface area contributed by atoms with E-state index in [1.807, 2.05) is 13.8 Å². The molecule has 6 nitrogen and oxygen atoms in total. The van der Waals surface area contributed by atoms with E-state index >= 15 is 0 Å². The molecule has 2 aliphatic heterocycles. The van der Waals surface area contributed by atoms with E-state index in [0.717, 1.165) is 32.0 Å². The van der Waals surface area contributed by atoms with Crippen LogP contribution in [0.1, 0.15) is 40.0 Å². The zero-order chi connectivity index (χ0) is 16.2. The number of hydrogen-bond acceptors (Lipinski definition) is 4. The summed E-state index contributed by atoms with van der Waals surface area (Å²) in [6.07, 6.45) is 3.35. The second-order valence-electron chi connectivity index (χ2n) is 6.88. The monoisotopic (exact) mass is 333 g/mol. The largest absolute Gasteiger partial charge is 0.373 e. The second kappa shape index (κ2) is 8.06. The van der Waals surface area contributed by atoms with Crippen LogP contribution in [-0.4, -0.2) is 69.1 Å². The number of hydrogen-bond donors (Lipinski definition) is 1. The van der Waals surface area contributed by atoms with Crippen LogP contribution >= 0.6 is 0 Å². The molecule has 0 aromatic rings. The molecule has 1 N–H and O–H groups in total. The van der Waals surface area contributed by atoms with Crippen LogP contribution in [0.4, 0.5) is 0 Å². The first kappa shape index (κ1) is 18.1. The Labute approximate surface area is 135 Å². The minimum absolute atomic E-state index is 0.0461. The van der Waals surface area contributed by atoms with Crippen molar-refractivity contribution in [2.24, 2.45) is 5.92 Å². The topological polar surface area (TPSA) is 61.9 Å². The number of piperidine rings is 1. The molecule has 0 bridgehead atoms. The Morgan fingerprint density at radius 3 is 2.45 bits per heavy atom. The fourth-order valence-electron chi connectivity index (χ4n) is 3.41. The Bertz CT molecular complexity index is 433. The van der Waals surface area contributed by atoms with Gasteiger partial charge in [0.1, 0.15) is 0 Å². The third-order valence-electron chi connectivity index (χ3n) is 4.40. The zero-order valence-corrected chi connectivity index (χ0v) is 14.9. The first-order valence-corrected chi connectivity index (χ1v) is 9.93. The minimum atomic E-state index is -3.38. The summed E-state index contributed by atoms with van der Waals surface area (Å²) in [7, 11) is -3.38. The van der Waals surface area contributed by atoms with Crippen LogP contribution in [0, 0.1) is 5.92 Å². The Hall–Kier alpha value is -0.210. The predicted molar refractivity (Wildman–Crippen MR) is 88.0 cm³/mol. The van der Waals surface area contributed by atoms with Crippen LogP contribution in [0.25, 0.3) is 0 Å². The number of nitrogens with one attached hydrogen (secondary N) is 1. The van der Waals surface area contributed by atoms with Crippen molar-refractivity contribution in [3.05, 3.63) is 0 Å². The van der Waals surface area contributed by atoms with Crippen LogP contribution < -0.4 is 4.72 Å². The molecular formula is C15H31N3O3S. The lowest BCUT2D eigenvalue weighted by atomic mass is 10.0. The number of rotatable bonds is 6. The third-order valence-corrected chi connectivity index (χ3v) is 5.95. The summed E-state index contributed by atoms with van der Waals surface area (Å²) in [5, 5.41) is 0. The maximum absolute atomic E-state index is 12.3. The normalized spacial score (nSPS) is 32.2. The smallest absolute Gasteiger partial charge is 0.279 e. The molecule has 2 fully saturated rings. The van der Waals surface area contributed by atoms with E-state index in [1.165, 1.54) is 17.1 Å². The van der Waals surface area contributed by atoms with Gasteiger partial charge in [0, 0.05) is 26.2 Å². The van der Waals surface area contributed by atoms with Gasteiger partial charge in [-0.15, -0.1) is 0 Å². The maximum atomic E-state index is 12.3. The lowest BCUT2D eigenvalue weighted by Crippen LogP contribution is -2.52. The quantitative estimate of drug-likeness (QED) is 0.738. The molecule has 2 aliphatic rings. The van der Waals surface area contributed by atoms with Crippen molar-refractivity contribution in [3.8, 4) is 0 Å². The number of likely N-dealkylation sites (tertiary alicyclic amines) is 1. The van der Waals surface area contributed by atoms with Crippen molar-refractivity contribution in [3.63, 3.8) is 0 Å². The van der Waals surface area contributed by atoms with E-state index in [1.54, 1.807) is 0 Å². The van der Waals surface area contributed by atoms with E-state index in [4.69, 9.17) is 4.74 Å². The molecule has 2 saturated heterocycles. The van der Waals surface area contributed by atoms with Gasteiger partial charge in [0.05, 0.1) is 12.2 Å². The van der Waals surface area contributed by atoms with Crippen molar-refractivity contribution >= 4 is 10.2 Å². The average molecular weight is 333 g/mol. The van der Waals surface area contributed by atoms with Crippen molar-refractivity contribution in [2.75, 3.05) is 39.3 Å². The lowest BCUT2D eigenvalue weighted by Gasteiger charge is -2.34. The molecule has 0 unspecified atom stereocenters. The van der Waals surface area contributed by atoms with Gasteiger partial charge in [-0.1, -0.05) is 6.92 Å². The predicted octanol–water partition coefficient (Wildman–Crippen LogP) is 1.05. The van der Waals surface area contributed by atoms with E-state index in [2.05, 4.69) is 16.5 Å². The molecule has 2 heterocycles. The summed E-state index contributed by atoms with van der Waals surface area (Å²) in [5.41, 5.74) is 0. The fraction of sp³-hybridized carbons (Fsp3) is 1.00. The lowest BCUT2D eigenvalue weighted by molar-refractivity contribution is -0.0443. The van der Waals surface area contributed by atoms with Gasteiger partial charge in [-0.2, -0.15) is 12.7 Å². The first-order chi connectivity index (χ1) is 10.4. The van der Waals surface area contributed by atoms with Crippen LogP contribution in [0.15, 0.2) is 0 Å². The minimum Gasteiger partial charge on any atom is -0.373 e. The number of morpholine rings is 1. The molecule has 0 aromatic heterocycles. The first-order valence-electron chi connectivity index (χ1n) is 8.49. The highest BCUT2D eigenvalue weighted by Crippen LogP contribution is 2.16. The summed E-state index contributed by atoms with van der Waals surface area (Å²) in [6, 6.07) is 0. The van der Waals surface area contributed by atoms with Gasteiger partial charge in [0.2, 0.25) is 0 Å². The van der Waals surface area contributed by atoms with Crippen molar-refractivity contribution in [1.82, 2.24) is 13.9 Å². The third kappa shape index (κ3) is 5.45. The Morgan fingerprint density at radius 1 is 1.14 bits per heavy atom. The molecular weight excluding hydrogens is 302 g/mol. The molecule has 7 heteroatoms. The second-order valence-corrected chi connectivity index (χ2v) is 8.63. The molecule has 0 aromatic carbocycles. The molecule has 0 spiro atoms. The fourth-order valence-corrected chi connectivity index (χ4v) is 4.81. The molecule has 3 atom stereocenters. The molecule has 0 aliphatic carbocycles. The van der Waals surface area contributed by atoms with Crippen molar-refractivity contribution in [2.45, 2.75) is 52.2 Å². The molecule has 22 heavy (non-hydrogen) atoms. The molecule has 0 saturated carbocycles. The van der Waals surface area contributed by atoms with Crippen molar-refractivity contribution < 1.29 is 13.2 Å². The van der Waals surface area contributed by atoms with E-state index < -0.39 is 10.2 Å². The molecule has 130 valence electrons. The van der Waals surface area contributed by atoms with E-state index in [-0.39, 0.29) is 12.2 Å². The van der Waals surface area contributed by atoms with Crippen molar-refractivity contribution in [1.29, 1.82) is 0 Å². The summed E-state index contributed by atoms with van der Waals surface area (Å²) >= 11 is 0. The number of ether oxygens (including phenoxy) is 1. The van der Waals surface area contributed by atoms with Crippen LogP contribution in [0.3, 0.4) is 0 Å². The van der Waals surface area contributed by atoms with E-state index in [0.29, 0.717) is 19.6 Å². The SMILES string of the molecule is C[C@H]1CCCN(CCCNS(=O)(=O)N2C[C@@H](C)O[C@@H](C)C2)C1. The van der Waals surface area contributed by atoms with Crippen LogP contribution in [-0.2, 0) is 14.9 Å². The van der Waals surface area contributed by atoms with E-state index in [9.17, 15) is 8.42 Å². The van der Waals surface area contributed by atoms with Crippen LogP contribution in [0.2, 0.25) is 0 Å². The highest BCUT2D eigenvalue weighted by atomic mass is 32.2. The summed E-state index contributed by atoms with van der Waals surface area (Å²) in [5.74, 6) is 0.766. The van der Waals surface area contributed by atoms with Gasteiger partial charge in [-0.25, -0.2) is 4.72 Å². The molecule has 0 radical (unpaired) electrons. The van der Waals surface area contributed by atoms with Gasteiger partial charge in [-0.3, -0.25) is 0 Å². The highest BCUT2D eigenvalue weighted by molar-refractivity contribution is 7.87. The zero-order valence-electron chi connectivity index (χ0n) is 14.1. The maximum Gasteiger partial charge on any atom is 0.279 e. The molecule has 0 amide bonds. The van der Waals surface area contributed by atoms with Gasteiger partial charge in [0.15, 0.2) is 0 Å². The van der Waals surface area contributed by atoms with Gasteiger partial charge in [0.25, 0.3) is 10.2 Å². The Morgan fingerprint density at radius 2 is 1.82 bits per heavy atom. The number of nitrogens with zero attached hydrogens (tertiary/aromatic N) is 2. The molecule has 2 rings (SSSR count). The average Bonchev–Trinajstić information content (AvgIpc) is 2.43.